The summed E-state index contributed by atoms with van der Waals surface area (Å²) >= 11 is 0. The van der Waals surface area contributed by atoms with Crippen LogP contribution >= 0.6 is 0 Å². The lowest BCUT2D eigenvalue weighted by atomic mass is 9.93. The predicted octanol–water partition coefficient (Wildman–Crippen LogP) is 2.80. The molecule has 27 heavy (non-hydrogen) atoms. The van der Waals surface area contributed by atoms with Gasteiger partial charge in [0, 0.05) is 37.0 Å². The van der Waals surface area contributed by atoms with Gasteiger partial charge in [0.1, 0.15) is 11.5 Å². The minimum atomic E-state index is 0.104. The summed E-state index contributed by atoms with van der Waals surface area (Å²) in [5.74, 6) is 2.15. The summed E-state index contributed by atoms with van der Waals surface area (Å²) in [7, 11) is 5.85. The number of nitrogens with zero attached hydrogens (tertiary/aromatic N) is 2. The topological polar surface area (TPSA) is 42.0 Å². The molecule has 2 atom stereocenters. The Morgan fingerprint density at radius 1 is 1.15 bits per heavy atom. The van der Waals surface area contributed by atoms with E-state index in [0.717, 1.165) is 42.1 Å². The van der Waals surface area contributed by atoms with Gasteiger partial charge >= 0.3 is 0 Å². The molecule has 1 fully saturated rings. The van der Waals surface area contributed by atoms with Crippen LogP contribution in [0.5, 0.6) is 11.5 Å². The number of carbonyl (C=O) groups is 1. The van der Waals surface area contributed by atoms with E-state index in [1.54, 1.807) is 7.11 Å². The Kier molecular flexibility index (Phi) is 4.79. The van der Waals surface area contributed by atoms with E-state index in [1.807, 2.05) is 35.2 Å². The number of likely N-dealkylation sites (tertiary alicyclic amines) is 1. The number of methoxy groups -OCH3 is 1. The van der Waals surface area contributed by atoms with Crippen LogP contribution in [0.2, 0.25) is 0 Å². The normalized spacial score (nSPS) is 21.3. The molecule has 0 N–H and O–H groups in total. The standard InChI is InChI=1S/C22H26N2O3/c1-23(2)20-14-24(13-19(20)15-4-7-18(26-3)8-5-15)22(25)17-6-9-21-16(12-17)10-11-27-21/h4-9,12,19-20H,10-11,13-14H2,1-3H3/t19-,20+/m0/s1. The van der Waals surface area contributed by atoms with E-state index < -0.39 is 0 Å². The van der Waals surface area contributed by atoms with E-state index in [2.05, 4.69) is 31.1 Å². The van der Waals surface area contributed by atoms with Crippen molar-refractivity contribution in [1.29, 1.82) is 0 Å². The maximum absolute atomic E-state index is 13.1. The van der Waals surface area contributed by atoms with Gasteiger partial charge in [0.05, 0.1) is 13.7 Å². The maximum Gasteiger partial charge on any atom is 0.253 e. The second-order valence-corrected chi connectivity index (χ2v) is 7.54. The van der Waals surface area contributed by atoms with Gasteiger partial charge in [-0.05, 0) is 55.6 Å². The van der Waals surface area contributed by atoms with Crippen molar-refractivity contribution in [2.45, 2.75) is 18.4 Å². The molecular weight excluding hydrogens is 340 g/mol. The fraction of sp³-hybridized carbons (Fsp3) is 0.409. The monoisotopic (exact) mass is 366 g/mol. The predicted molar refractivity (Wildman–Crippen MR) is 105 cm³/mol. The van der Waals surface area contributed by atoms with Gasteiger partial charge in [-0.25, -0.2) is 0 Å². The largest absolute Gasteiger partial charge is 0.497 e. The quantitative estimate of drug-likeness (QED) is 0.835. The molecule has 0 unspecified atom stereocenters. The summed E-state index contributed by atoms with van der Waals surface area (Å²) in [6, 6.07) is 14.3. The maximum atomic E-state index is 13.1. The highest BCUT2D eigenvalue weighted by atomic mass is 16.5. The van der Waals surface area contributed by atoms with Crippen LogP contribution < -0.4 is 9.47 Å². The number of hydrogen-bond acceptors (Lipinski definition) is 4. The van der Waals surface area contributed by atoms with Crippen molar-refractivity contribution in [3.63, 3.8) is 0 Å². The van der Waals surface area contributed by atoms with Gasteiger partial charge < -0.3 is 19.3 Å². The van der Waals surface area contributed by atoms with Crippen LogP contribution in [0.4, 0.5) is 0 Å². The fourth-order valence-electron chi connectivity index (χ4n) is 4.16. The third-order valence-corrected chi connectivity index (χ3v) is 5.72. The van der Waals surface area contributed by atoms with E-state index in [9.17, 15) is 4.79 Å². The van der Waals surface area contributed by atoms with E-state index in [1.165, 1.54) is 5.56 Å². The summed E-state index contributed by atoms with van der Waals surface area (Å²) in [6.07, 6.45) is 0.880. The van der Waals surface area contributed by atoms with Crippen LogP contribution in [-0.2, 0) is 6.42 Å². The Morgan fingerprint density at radius 3 is 2.63 bits per heavy atom. The molecule has 1 saturated heterocycles. The minimum absolute atomic E-state index is 0.104. The summed E-state index contributed by atoms with van der Waals surface area (Å²) in [5.41, 5.74) is 3.13. The third kappa shape index (κ3) is 3.39. The molecule has 2 aromatic carbocycles. The van der Waals surface area contributed by atoms with Crippen molar-refractivity contribution in [3.8, 4) is 11.5 Å². The number of likely N-dealkylation sites (N-methyl/N-ethyl adjacent to an activating group) is 1. The number of ether oxygens (including phenoxy) is 2. The molecular formula is C22H26N2O3. The van der Waals surface area contributed by atoms with Gasteiger partial charge in [-0.1, -0.05) is 12.1 Å². The number of rotatable bonds is 4. The van der Waals surface area contributed by atoms with Crippen LogP contribution in [0, 0.1) is 0 Å². The first-order chi connectivity index (χ1) is 13.1. The highest BCUT2D eigenvalue weighted by Gasteiger charge is 2.37. The van der Waals surface area contributed by atoms with Crippen molar-refractivity contribution in [2.24, 2.45) is 0 Å². The van der Waals surface area contributed by atoms with Crippen LogP contribution in [0.25, 0.3) is 0 Å². The molecule has 0 aliphatic carbocycles. The van der Waals surface area contributed by atoms with E-state index in [-0.39, 0.29) is 11.8 Å². The highest BCUT2D eigenvalue weighted by Crippen LogP contribution is 2.33. The van der Waals surface area contributed by atoms with Gasteiger partial charge in [-0.15, -0.1) is 0 Å². The molecule has 0 saturated carbocycles. The molecule has 0 aromatic heterocycles. The number of carbonyl (C=O) groups excluding carboxylic acids is 1. The van der Waals surface area contributed by atoms with Crippen molar-refractivity contribution >= 4 is 5.91 Å². The average molecular weight is 366 g/mol. The molecule has 2 aromatic rings. The van der Waals surface area contributed by atoms with Gasteiger partial charge in [-0.3, -0.25) is 4.79 Å². The summed E-state index contributed by atoms with van der Waals surface area (Å²) in [6.45, 7) is 2.16. The molecule has 2 aliphatic heterocycles. The Hall–Kier alpha value is -2.53. The lowest BCUT2D eigenvalue weighted by Crippen LogP contribution is -2.35. The van der Waals surface area contributed by atoms with E-state index in [0.29, 0.717) is 12.6 Å². The van der Waals surface area contributed by atoms with Crippen LogP contribution in [0.15, 0.2) is 42.5 Å². The van der Waals surface area contributed by atoms with Crippen LogP contribution in [0.1, 0.15) is 27.4 Å². The second kappa shape index (κ2) is 7.24. The fourth-order valence-corrected chi connectivity index (χ4v) is 4.16. The third-order valence-electron chi connectivity index (χ3n) is 5.72. The van der Waals surface area contributed by atoms with E-state index >= 15 is 0 Å². The molecule has 1 amide bonds. The first-order valence-corrected chi connectivity index (χ1v) is 9.42. The number of amides is 1. The van der Waals surface area contributed by atoms with Crippen LogP contribution in [0.3, 0.4) is 0 Å². The zero-order chi connectivity index (χ0) is 19.0. The molecule has 2 heterocycles. The van der Waals surface area contributed by atoms with Crippen molar-refractivity contribution in [3.05, 3.63) is 59.2 Å². The summed E-state index contributed by atoms with van der Waals surface area (Å²) in [4.78, 5) is 17.3. The zero-order valence-corrected chi connectivity index (χ0v) is 16.1. The summed E-state index contributed by atoms with van der Waals surface area (Å²) < 4.78 is 10.8. The van der Waals surface area contributed by atoms with Crippen molar-refractivity contribution < 1.29 is 14.3 Å². The van der Waals surface area contributed by atoms with Gasteiger partial charge in [-0.2, -0.15) is 0 Å². The van der Waals surface area contributed by atoms with Crippen molar-refractivity contribution in [1.82, 2.24) is 9.80 Å². The first kappa shape index (κ1) is 17.9. The van der Waals surface area contributed by atoms with Gasteiger partial charge in [0.15, 0.2) is 0 Å². The smallest absolute Gasteiger partial charge is 0.253 e. The Labute approximate surface area is 160 Å². The average Bonchev–Trinajstić information content (AvgIpc) is 3.34. The molecule has 4 rings (SSSR count). The number of hydrogen-bond donors (Lipinski definition) is 0. The number of fused-ring (bicyclic) bond motifs is 1. The second-order valence-electron chi connectivity index (χ2n) is 7.54. The molecule has 142 valence electrons. The number of benzene rings is 2. The Bertz CT molecular complexity index is 832. The Balaban J connectivity index is 1.56. The molecule has 5 heteroatoms. The lowest BCUT2D eigenvalue weighted by molar-refractivity contribution is 0.0782. The summed E-state index contributed by atoms with van der Waals surface area (Å²) in [5, 5.41) is 0. The lowest BCUT2D eigenvalue weighted by Gasteiger charge is -2.25. The highest BCUT2D eigenvalue weighted by molar-refractivity contribution is 5.95. The van der Waals surface area contributed by atoms with Crippen LogP contribution in [-0.4, -0.2) is 62.7 Å². The SMILES string of the molecule is COc1ccc([C@@H]2CN(C(=O)c3ccc4c(c3)CCO4)C[C@H]2N(C)C)cc1. The van der Waals surface area contributed by atoms with Gasteiger partial charge in [0.2, 0.25) is 0 Å². The van der Waals surface area contributed by atoms with Crippen molar-refractivity contribution in [2.75, 3.05) is 40.9 Å². The van der Waals surface area contributed by atoms with Gasteiger partial charge in [0.25, 0.3) is 5.91 Å². The molecule has 0 bridgehead atoms. The molecule has 2 aliphatic rings. The molecule has 0 spiro atoms. The minimum Gasteiger partial charge on any atom is -0.497 e. The molecule has 5 nitrogen and oxygen atoms in total. The Morgan fingerprint density at radius 2 is 1.93 bits per heavy atom. The van der Waals surface area contributed by atoms with E-state index in [4.69, 9.17) is 9.47 Å². The molecule has 0 radical (unpaired) electrons. The zero-order valence-electron chi connectivity index (χ0n) is 16.1. The first-order valence-electron chi connectivity index (χ1n) is 9.42.